The molecule has 19 heavy (non-hydrogen) atoms. The Labute approximate surface area is 111 Å². The third-order valence-electron chi connectivity index (χ3n) is 3.03. The molecular formula is C15H15N3O. The Bertz CT molecular complexity index is 701. The van der Waals surface area contributed by atoms with Crippen LogP contribution in [0.25, 0.3) is 22.4 Å². The summed E-state index contributed by atoms with van der Waals surface area (Å²) in [7, 11) is 0. The van der Waals surface area contributed by atoms with Crippen LogP contribution in [0.3, 0.4) is 0 Å². The van der Waals surface area contributed by atoms with E-state index in [0.717, 1.165) is 11.1 Å². The minimum atomic E-state index is 0.525. The summed E-state index contributed by atoms with van der Waals surface area (Å²) < 4.78 is 5.64. The van der Waals surface area contributed by atoms with E-state index in [1.165, 1.54) is 5.56 Å². The van der Waals surface area contributed by atoms with E-state index < -0.39 is 0 Å². The molecule has 4 nitrogen and oxygen atoms in total. The molecular weight excluding hydrogens is 238 g/mol. The zero-order valence-corrected chi connectivity index (χ0v) is 10.8. The quantitative estimate of drug-likeness (QED) is 0.779. The minimum Gasteiger partial charge on any atom is -0.439 e. The first-order valence-corrected chi connectivity index (χ1v) is 6.29. The van der Waals surface area contributed by atoms with Crippen LogP contribution in [0.15, 0.2) is 40.9 Å². The van der Waals surface area contributed by atoms with Crippen molar-refractivity contribution < 1.29 is 4.42 Å². The first kappa shape index (κ1) is 11.9. The maximum absolute atomic E-state index is 5.64. The lowest BCUT2D eigenvalue weighted by atomic mass is 10.1. The Hall–Kier alpha value is -2.20. The number of fused-ring (bicyclic) bond motifs is 1. The van der Waals surface area contributed by atoms with E-state index in [4.69, 9.17) is 10.2 Å². The summed E-state index contributed by atoms with van der Waals surface area (Å²) >= 11 is 0. The van der Waals surface area contributed by atoms with Gasteiger partial charge in [-0.1, -0.05) is 29.8 Å². The van der Waals surface area contributed by atoms with Crippen LogP contribution in [-0.4, -0.2) is 16.5 Å². The fraction of sp³-hybridized carbons (Fsp3) is 0.200. The van der Waals surface area contributed by atoms with E-state index in [0.29, 0.717) is 30.1 Å². The van der Waals surface area contributed by atoms with Crippen LogP contribution in [0.4, 0.5) is 0 Å². The van der Waals surface area contributed by atoms with Crippen molar-refractivity contribution in [1.29, 1.82) is 0 Å². The molecule has 0 amide bonds. The van der Waals surface area contributed by atoms with Crippen molar-refractivity contribution in [1.82, 2.24) is 9.97 Å². The lowest BCUT2D eigenvalue weighted by molar-refractivity contribution is 0.531. The number of nitrogens with two attached hydrogens (primary N) is 1. The molecule has 0 saturated carbocycles. The molecule has 4 heteroatoms. The molecule has 2 aromatic heterocycles. The average molecular weight is 253 g/mol. The van der Waals surface area contributed by atoms with Crippen molar-refractivity contribution in [3.63, 3.8) is 0 Å². The van der Waals surface area contributed by atoms with Gasteiger partial charge in [0.2, 0.25) is 0 Å². The van der Waals surface area contributed by atoms with Crippen LogP contribution < -0.4 is 5.73 Å². The van der Waals surface area contributed by atoms with Crippen molar-refractivity contribution in [2.24, 2.45) is 5.73 Å². The predicted octanol–water partition coefficient (Wildman–Crippen LogP) is 2.70. The van der Waals surface area contributed by atoms with E-state index in [2.05, 4.69) is 41.2 Å². The van der Waals surface area contributed by atoms with Crippen molar-refractivity contribution in [2.45, 2.75) is 13.3 Å². The van der Waals surface area contributed by atoms with Crippen molar-refractivity contribution in [3.8, 4) is 11.1 Å². The molecule has 1 aromatic carbocycles. The summed E-state index contributed by atoms with van der Waals surface area (Å²) in [6, 6.07) is 10.3. The Morgan fingerprint density at radius 3 is 2.68 bits per heavy atom. The molecule has 0 bridgehead atoms. The molecule has 0 aliphatic carbocycles. The third kappa shape index (κ3) is 2.35. The van der Waals surface area contributed by atoms with Crippen molar-refractivity contribution in [3.05, 3.63) is 48.0 Å². The largest absolute Gasteiger partial charge is 0.439 e. The molecule has 0 atom stereocenters. The number of hydrogen-bond acceptors (Lipinski definition) is 4. The van der Waals surface area contributed by atoms with Gasteiger partial charge in [-0.2, -0.15) is 4.98 Å². The fourth-order valence-electron chi connectivity index (χ4n) is 2.00. The summed E-state index contributed by atoms with van der Waals surface area (Å²) in [4.78, 5) is 8.63. The molecule has 2 heterocycles. The van der Waals surface area contributed by atoms with Gasteiger partial charge in [-0.05, 0) is 18.6 Å². The number of benzene rings is 1. The molecule has 0 radical (unpaired) electrons. The topological polar surface area (TPSA) is 64.9 Å². The molecule has 0 spiro atoms. The summed E-state index contributed by atoms with van der Waals surface area (Å²) in [6.07, 6.45) is 2.46. The zero-order valence-electron chi connectivity index (χ0n) is 10.8. The first-order chi connectivity index (χ1) is 9.26. The van der Waals surface area contributed by atoms with Gasteiger partial charge in [-0.25, -0.2) is 4.98 Å². The average Bonchev–Trinajstić information content (AvgIpc) is 2.81. The molecule has 3 rings (SSSR count). The molecule has 0 saturated heterocycles. The molecule has 3 aromatic rings. The summed E-state index contributed by atoms with van der Waals surface area (Å²) in [6.45, 7) is 2.60. The van der Waals surface area contributed by atoms with E-state index in [9.17, 15) is 0 Å². The lowest BCUT2D eigenvalue weighted by Gasteiger charge is -2.00. The van der Waals surface area contributed by atoms with Crippen LogP contribution in [0.2, 0.25) is 0 Å². The molecule has 96 valence electrons. The smallest absolute Gasteiger partial charge is 0.198 e. The molecule has 0 aliphatic heterocycles. The third-order valence-corrected chi connectivity index (χ3v) is 3.03. The highest BCUT2D eigenvalue weighted by atomic mass is 16.3. The molecule has 2 N–H and O–H groups in total. The monoisotopic (exact) mass is 253 g/mol. The Morgan fingerprint density at radius 1 is 1.16 bits per heavy atom. The zero-order chi connectivity index (χ0) is 13.2. The number of oxazole rings is 1. The van der Waals surface area contributed by atoms with Gasteiger partial charge in [0.05, 0.1) is 0 Å². The highest BCUT2D eigenvalue weighted by molar-refractivity contribution is 5.76. The maximum atomic E-state index is 5.64. The number of pyridine rings is 1. The van der Waals surface area contributed by atoms with Crippen molar-refractivity contribution >= 4 is 11.2 Å². The molecule has 0 fully saturated rings. The Morgan fingerprint density at radius 2 is 1.95 bits per heavy atom. The summed E-state index contributed by atoms with van der Waals surface area (Å²) in [5.74, 6) is 0.644. The van der Waals surface area contributed by atoms with Crippen LogP contribution in [0.1, 0.15) is 11.5 Å². The minimum absolute atomic E-state index is 0.525. The van der Waals surface area contributed by atoms with Gasteiger partial charge in [0.25, 0.3) is 0 Å². The van der Waals surface area contributed by atoms with E-state index in [1.54, 1.807) is 0 Å². The van der Waals surface area contributed by atoms with Gasteiger partial charge >= 0.3 is 0 Å². The van der Waals surface area contributed by atoms with Crippen LogP contribution in [-0.2, 0) is 6.42 Å². The van der Waals surface area contributed by atoms with Gasteiger partial charge < -0.3 is 10.2 Å². The number of nitrogens with zero attached hydrogens (tertiary/aromatic N) is 2. The Balaban J connectivity index is 2.03. The summed E-state index contributed by atoms with van der Waals surface area (Å²) in [5.41, 5.74) is 10.2. The number of aryl methyl sites for hydroxylation is 1. The van der Waals surface area contributed by atoms with Gasteiger partial charge in [0.1, 0.15) is 0 Å². The second-order valence-corrected chi connectivity index (χ2v) is 4.56. The number of hydrogen-bond donors (Lipinski definition) is 1. The van der Waals surface area contributed by atoms with Crippen LogP contribution in [0, 0.1) is 6.92 Å². The van der Waals surface area contributed by atoms with Crippen molar-refractivity contribution in [2.75, 3.05) is 6.54 Å². The summed E-state index contributed by atoms with van der Waals surface area (Å²) in [5, 5.41) is 0. The number of rotatable bonds is 3. The molecule has 0 unspecified atom stereocenters. The lowest BCUT2D eigenvalue weighted by Crippen LogP contribution is -2.02. The highest BCUT2D eigenvalue weighted by Gasteiger charge is 2.08. The first-order valence-electron chi connectivity index (χ1n) is 6.29. The standard InChI is InChI=1S/C15H15N3O/c1-10-2-4-11(5-3-10)12-8-13-15(17-9-12)18-14(19-13)6-7-16/h2-5,8-9H,6-7,16H2,1H3. The molecule has 0 aliphatic rings. The SMILES string of the molecule is Cc1ccc(-c2cnc3nc(CCN)oc3c2)cc1. The predicted molar refractivity (Wildman–Crippen MR) is 74.7 cm³/mol. The van der Waals surface area contributed by atoms with E-state index in [1.807, 2.05) is 12.3 Å². The normalized spacial score (nSPS) is 11.1. The second-order valence-electron chi connectivity index (χ2n) is 4.56. The van der Waals surface area contributed by atoms with E-state index >= 15 is 0 Å². The highest BCUT2D eigenvalue weighted by Crippen LogP contribution is 2.23. The Kier molecular flexibility index (Phi) is 3.01. The number of aromatic nitrogens is 2. The van der Waals surface area contributed by atoms with Gasteiger partial charge in [-0.3, -0.25) is 0 Å². The van der Waals surface area contributed by atoms with E-state index in [-0.39, 0.29) is 0 Å². The van der Waals surface area contributed by atoms with Gasteiger partial charge in [0, 0.05) is 24.7 Å². The van der Waals surface area contributed by atoms with Gasteiger partial charge in [0.15, 0.2) is 17.1 Å². The fourth-order valence-corrected chi connectivity index (χ4v) is 2.00. The van der Waals surface area contributed by atoms with Crippen LogP contribution in [0.5, 0.6) is 0 Å². The second kappa shape index (κ2) is 4.82. The van der Waals surface area contributed by atoms with Crippen LogP contribution >= 0.6 is 0 Å². The van der Waals surface area contributed by atoms with Gasteiger partial charge in [-0.15, -0.1) is 0 Å². The maximum Gasteiger partial charge on any atom is 0.198 e.